The molecule has 0 saturated carbocycles. The minimum Gasteiger partial charge on any atom is -0.496 e. The van der Waals surface area contributed by atoms with Gasteiger partial charge in [-0.25, -0.2) is 4.98 Å². The molecule has 0 amide bonds. The molecule has 1 aromatic carbocycles. The van der Waals surface area contributed by atoms with Crippen LogP contribution in [0, 0.1) is 13.8 Å². The van der Waals surface area contributed by atoms with Crippen LogP contribution < -0.4 is 4.74 Å². The van der Waals surface area contributed by atoms with E-state index in [9.17, 15) is 0 Å². The molecule has 0 saturated heterocycles. The number of aryl methyl sites for hydroxylation is 2. The molecule has 2 aromatic rings. The second kappa shape index (κ2) is 5.50. The fourth-order valence-corrected chi connectivity index (χ4v) is 2.95. The van der Waals surface area contributed by atoms with E-state index in [1.165, 1.54) is 0 Å². The van der Waals surface area contributed by atoms with Crippen molar-refractivity contribution in [1.82, 2.24) is 4.98 Å². The third-order valence-electron chi connectivity index (χ3n) is 2.82. The van der Waals surface area contributed by atoms with Crippen LogP contribution in [0.25, 0.3) is 10.6 Å². The summed E-state index contributed by atoms with van der Waals surface area (Å²) >= 11 is 1.63. The summed E-state index contributed by atoms with van der Waals surface area (Å²) in [5.74, 6) is 0.936. The van der Waals surface area contributed by atoms with Gasteiger partial charge in [-0.05, 0) is 37.1 Å². The van der Waals surface area contributed by atoms with Gasteiger partial charge in [0.2, 0.25) is 0 Å². The smallest absolute Gasteiger partial charge is 0.124 e. The van der Waals surface area contributed by atoms with E-state index >= 15 is 0 Å². The standard InChI is InChI=1S/C14H17NO2S/c1-9-6-11(7-10(2)13(9)17-3)14-15-8-12(18-14)4-5-16/h6-8,16H,4-5H2,1-3H3. The van der Waals surface area contributed by atoms with Crippen molar-refractivity contribution in [3.8, 4) is 16.3 Å². The summed E-state index contributed by atoms with van der Waals surface area (Å²) in [6.07, 6.45) is 2.51. The maximum Gasteiger partial charge on any atom is 0.124 e. The first kappa shape index (κ1) is 13.1. The van der Waals surface area contributed by atoms with Gasteiger partial charge in [-0.15, -0.1) is 11.3 Å². The van der Waals surface area contributed by atoms with Crippen LogP contribution in [0.1, 0.15) is 16.0 Å². The summed E-state index contributed by atoms with van der Waals surface area (Å²) in [7, 11) is 1.69. The van der Waals surface area contributed by atoms with Crippen molar-refractivity contribution in [1.29, 1.82) is 0 Å². The summed E-state index contributed by atoms with van der Waals surface area (Å²) in [4.78, 5) is 5.52. The second-order valence-electron chi connectivity index (χ2n) is 4.25. The number of aromatic nitrogens is 1. The zero-order valence-electron chi connectivity index (χ0n) is 10.9. The van der Waals surface area contributed by atoms with Crippen molar-refractivity contribution in [2.45, 2.75) is 20.3 Å². The Bertz CT molecular complexity index is 525. The lowest BCUT2D eigenvalue weighted by Crippen LogP contribution is -1.91. The monoisotopic (exact) mass is 263 g/mol. The van der Waals surface area contributed by atoms with Crippen molar-refractivity contribution >= 4 is 11.3 Å². The SMILES string of the molecule is COc1c(C)cc(-c2ncc(CCO)s2)cc1C. The number of thiazole rings is 1. The molecule has 0 fully saturated rings. The number of hydrogen-bond acceptors (Lipinski definition) is 4. The summed E-state index contributed by atoms with van der Waals surface area (Å²) in [5.41, 5.74) is 3.35. The average molecular weight is 263 g/mol. The Morgan fingerprint density at radius 3 is 2.50 bits per heavy atom. The van der Waals surface area contributed by atoms with Crippen LogP contribution in [-0.4, -0.2) is 23.8 Å². The van der Waals surface area contributed by atoms with E-state index in [4.69, 9.17) is 9.84 Å². The molecule has 18 heavy (non-hydrogen) atoms. The molecular weight excluding hydrogens is 246 g/mol. The molecule has 0 bridgehead atoms. The number of methoxy groups -OCH3 is 1. The molecule has 1 aromatic heterocycles. The van der Waals surface area contributed by atoms with Crippen molar-refractivity contribution < 1.29 is 9.84 Å². The fourth-order valence-electron chi connectivity index (χ4n) is 2.06. The molecule has 1 heterocycles. The van der Waals surface area contributed by atoms with Crippen molar-refractivity contribution in [2.75, 3.05) is 13.7 Å². The van der Waals surface area contributed by atoms with Gasteiger partial charge >= 0.3 is 0 Å². The zero-order chi connectivity index (χ0) is 13.1. The molecule has 0 aliphatic rings. The molecule has 1 N–H and O–H groups in total. The number of ether oxygens (including phenoxy) is 1. The van der Waals surface area contributed by atoms with E-state index in [-0.39, 0.29) is 6.61 Å². The minimum atomic E-state index is 0.169. The third-order valence-corrected chi connectivity index (χ3v) is 3.93. The molecule has 0 atom stereocenters. The molecular formula is C14H17NO2S. The largest absolute Gasteiger partial charge is 0.496 e. The number of aliphatic hydroxyl groups is 1. The lowest BCUT2D eigenvalue weighted by molar-refractivity contribution is 0.300. The first-order chi connectivity index (χ1) is 8.65. The van der Waals surface area contributed by atoms with Gasteiger partial charge < -0.3 is 9.84 Å². The molecule has 96 valence electrons. The molecule has 0 aliphatic carbocycles. The van der Waals surface area contributed by atoms with Crippen LogP contribution >= 0.6 is 11.3 Å². The van der Waals surface area contributed by atoms with Gasteiger partial charge in [0.1, 0.15) is 10.8 Å². The highest BCUT2D eigenvalue weighted by atomic mass is 32.1. The van der Waals surface area contributed by atoms with Crippen LogP contribution in [0.2, 0.25) is 0 Å². The number of aliphatic hydroxyl groups excluding tert-OH is 1. The van der Waals surface area contributed by atoms with E-state index in [0.717, 1.165) is 32.3 Å². The summed E-state index contributed by atoms with van der Waals surface area (Å²) in [6, 6.07) is 4.18. The normalized spacial score (nSPS) is 10.7. The fraction of sp³-hybridized carbons (Fsp3) is 0.357. The Labute approximate surface area is 111 Å². The molecule has 0 unspecified atom stereocenters. The van der Waals surface area contributed by atoms with Gasteiger partial charge in [0.25, 0.3) is 0 Å². The molecule has 0 aliphatic heterocycles. The van der Waals surface area contributed by atoms with Crippen LogP contribution in [0.3, 0.4) is 0 Å². The van der Waals surface area contributed by atoms with Gasteiger partial charge in [-0.3, -0.25) is 0 Å². The predicted octanol–water partition coefficient (Wildman–Crippen LogP) is 2.97. The van der Waals surface area contributed by atoms with Gasteiger partial charge in [0, 0.05) is 29.7 Å². The highest BCUT2D eigenvalue weighted by molar-refractivity contribution is 7.15. The Morgan fingerprint density at radius 1 is 1.28 bits per heavy atom. The molecule has 0 spiro atoms. The maximum atomic E-state index is 8.92. The first-order valence-corrected chi connectivity index (χ1v) is 6.68. The number of rotatable bonds is 4. The van der Waals surface area contributed by atoms with Gasteiger partial charge in [0.05, 0.1) is 7.11 Å². The lowest BCUT2D eigenvalue weighted by atomic mass is 10.1. The van der Waals surface area contributed by atoms with Crippen molar-refractivity contribution in [3.05, 3.63) is 34.3 Å². The zero-order valence-corrected chi connectivity index (χ0v) is 11.7. The molecule has 0 radical (unpaired) electrons. The Balaban J connectivity index is 2.38. The Kier molecular flexibility index (Phi) is 3.99. The van der Waals surface area contributed by atoms with E-state index in [0.29, 0.717) is 6.42 Å². The van der Waals surface area contributed by atoms with E-state index in [2.05, 4.69) is 17.1 Å². The van der Waals surface area contributed by atoms with Gasteiger partial charge in [-0.1, -0.05) is 0 Å². The number of benzene rings is 1. The minimum absolute atomic E-state index is 0.169. The Hall–Kier alpha value is -1.39. The topological polar surface area (TPSA) is 42.4 Å². The first-order valence-electron chi connectivity index (χ1n) is 5.87. The number of nitrogens with zero attached hydrogens (tertiary/aromatic N) is 1. The third kappa shape index (κ3) is 2.54. The average Bonchev–Trinajstić information content (AvgIpc) is 2.78. The highest BCUT2D eigenvalue weighted by Gasteiger charge is 2.09. The summed E-state index contributed by atoms with van der Waals surface area (Å²) in [5, 5.41) is 9.91. The van der Waals surface area contributed by atoms with Crippen LogP contribution in [0.15, 0.2) is 18.3 Å². The maximum absolute atomic E-state index is 8.92. The van der Waals surface area contributed by atoms with Crippen molar-refractivity contribution in [3.63, 3.8) is 0 Å². The van der Waals surface area contributed by atoms with Crippen LogP contribution in [-0.2, 0) is 6.42 Å². The summed E-state index contributed by atoms with van der Waals surface area (Å²) in [6.45, 7) is 4.25. The Morgan fingerprint density at radius 2 is 1.94 bits per heavy atom. The number of hydrogen-bond donors (Lipinski definition) is 1. The molecule has 4 heteroatoms. The van der Waals surface area contributed by atoms with Gasteiger partial charge in [-0.2, -0.15) is 0 Å². The van der Waals surface area contributed by atoms with Gasteiger partial charge in [0.15, 0.2) is 0 Å². The quantitative estimate of drug-likeness (QED) is 0.922. The van der Waals surface area contributed by atoms with Crippen LogP contribution in [0.5, 0.6) is 5.75 Å². The van der Waals surface area contributed by atoms with E-state index in [1.807, 2.05) is 20.0 Å². The predicted molar refractivity (Wildman–Crippen MR) is 74.4 cm³/mol. The summed E-state index contributed by atoms with van der Waals surface area (Å²) < 4.78 is 5.36. The molecule has 3 nitrogen and oxygen atoms in total. The second-order valence-corrected chi connectivity index (χ2v) is 5.36. The molecule has 2 rings (SSSR count). The highest BCUT2D eigenvalue weighted by Crippen LogP contribution is 2.32. The lowest BCUT2D eigenvalue weighted by Gasteiger charge is -2.09. The van der Waals surface area contributed by atoms with E-state index in [1.54, 1.807) is 18.4 Å². The van der Waals surface area contributed by atoms with Crippen molar-refractivity contribution in [2.24, 2.45) is 0 Å². The van der Waals surface area contributed by atoms with E-state index < -0.39 is 0 Å². The van der Waals surface area contributed by atoms with Crippen LogP contribution in [0.4, 0.5) is 0 Å².